The fourth-order valence-electron chi connectivity index (χ4n) is 2.02. The molecule has 2 aromatic rings. The second kappa shape index (κ2) is 6.24. The molecule has 0 unspecified atom stereocenters. The van der Waals surface area contributed by atoms with Crippen LogP contribution in [0, 0.1) is 13.8 Å². The second-order valence-corrected chi connectivity index (χ2v) is 7.38. The van der Waals surface area contributed by atoms with Crippen LogP contribution in [0.5, 0.6) is 0 Å². The van der Waals surface area contributed by atoms with E-state index in [-0.39, 0.29) is 17.7 Å². The summed E-state index contributed by atoms with van der Waals surface area (Å²) in [6.07, 6.45) is 0.185. The molecular weight excluding hydrogens is 344 g/mol. The van der Waals surface area contributed by atoms with Gasteiger partial charge < -0.3 is 9.73 Å². The molecule has 0 saturated carbocycles. The topological polar surface area (TPSA) is 55.1 Å². The molecule has 0 saturated heterocycles. The first-order valence-electron chi connectivity index (χ1n) is 7.19. The average Bonchev–Trinajstić information content (AvgIpc) is 2.74. The number of rotatable bonds is 3. The first-order valence-corrected chi connectivity index (χ1v) is 7.99. The van der Waals surface area contributed by atoms with Gasteiger partial charge in [0.25, 0.3) is 0 Å². The van der Waals surface area contributed by atoms with E-state index in [1.165, 1.54) is 0 Å². The Bertz CT molecular complexity index is 699. The lowest BCUT2D eigenvalue weighted by Gasteiger charge is -2.12. The standard InChI is InChI=1S/C17H21BrN2O2/c1-10-8-12(18)6-7-13(10)20-15(21)9-14-11(2)19-16(22-14)17(3,4)5/h6-8H,9H2,1-5H3,(H,20,21). The molecule has 0 bridgehead atoms. The molecule has 0 fully saturated rings. The second-order valence-electron chi connectivity index (χ2n) is 6.46. The van der Waals surface area contributed by atoms with E-state index >= 15 is 0 Å². The van der Waals surface area contributed by atoms with Gasteiger partial charge in [0.1, 0.15) is 5.76 Å². The van der Waals surface area contributed by atoms with Crippen LogP contribution in [0.3, 0.4) is 0 Å². The van der Waals surface area contributed by atoms with Crippen molar-refractivity contribution in [2.24, 2.45) is 0 Å². The predicted molar refractivity (Wildman–Crippen MR) is 91.2 cm³/mol. The SMILES string of the molecule is Cc1cc(Br)ccc1NC(=O)Cc1oc(C(C)(C)C)nc1C. The summed E-state index contributed by atoms with van der Waals surface area (Å²) in [5, 5.41) is 2.91. The third kappa shape index (κ3) is 3.97. The van der Waals surface area contributed by atoms with Crippen LogP contribution in [0.25, 0.3) is 0 Å². The molecule has 2 rings (SSSR count). The van der Waals surface area contributed by atoms with Crippen molar-refractivity contribution in [3.8, 4) is 0 Å². The molecule has 0 spiro atoms. The highest BCUT2D eigenvalue weighted by Crippen LogP contribution is 2.25. The number of anilines is 1. The third-order valence-corrected chi connectivity index (χ3v) is 3.81. The van der Waals surface area contributed by atoms with Gasteiger partial charge in [-0.15, -0.1) is 0 Å². The van der Waals surface area contributed by atoms with Gasteiger partial charge >= 0.3 is 0 Å². The van der Waals surface area contributed by atoms with E-state index < -0.39 is 0 Å². The Morgan fingerprint density at radius 3 is 2.55 bits per heavy atom. The van der Waals surface area contributed by atoms with Gasteiger partial charge in [0, 0.05) is 15.6 Å². The van der Waals surface area contributed by atoms with Gasteiger partial charge in [-0.05, 0) is 37.6 Å². The number of nitrogens with zero attached hydrogens (tertiary/aromatic N) is 1. The average molecular weight is 365 g/mol. The molecule has 0 aliphatic rings. The number of hydrogen-bond donors (Lipinski definition) is 1. The first kappa shape index (κ1) is 16.7. The number of halogens is 1. The minimum atomic E-state index is -0.165. The summed E-state index contributed by atoms with van der Waals surface area (Å²) in [7, 11) is 0. The number of oxazole rings is 1. The minimum Gasteiger partial charge on any atom is -0.444 e. The predicted octanol–water partition coefficient (Wildman–Crippen LogP) is 4.53. The maximum absolute atomic E-state index is 12.2. The molecule has 0 aliphatic heterocycles. The lowest BCUT2D eigenvalue weighted by molar-refractivity contribution is -0.115. The molecular formula is C17H21BrN2O2. The molecule has 0 radical (unpaired) electrons. The zero-order chi connectivity index (χ0) is 16.5. The van der Waals surface area contributed by atoms with Gasteiger partial charge in [0.05, 0.1) is 12.1 Å². The zero-order valence-electron chi connectivity index (χ0n) is 13.6. The van der Waals surface area contributed by atoms with Crippen LogP contribution in [0.1, 0.15) is 43.7 Å². The molecule has 4 nitrogen and oxygen atoms in total. The number of benzene rings is 1. The summed E-state index contributed by atoms with van der Waals surface area (Å²) in [6.45, 7) is 9.93. The lowest BCUT2D eigenvalue weighted by atomic mass is 9.97. The Labute approximate surface area is 139 Å². The van der Waals surface area contributed by atoms with Crippen LogP contribution in [-0.2, 0) is 16.6 Å². The van der Waals surface area contributed by atoms with Crippen LogP contribution in [0.15, 0.2) is 27.1 Å². The maximum atomic E-state index is 12.2. The van der Waals surface area contributed by atoms with Crippen LogP contribution in [0.2, 0.25) is 0 Å². The Morgan fingerprint density at radius 1 is 1.32 bits per heavy atom. The van der Waals surface area contributed by atoms with Crippen molar-refractivity contribution in [1.29, 1.82) is 0 Å². The van der Waals surface area contributed by atoms with Gasteiger partial charge in [-0.25, -0.2) is 4.98 Å². The molecule has 5 heteroatoms. The van der Waals surface area contributed by atoms with Crippen LogP contribution < -0.4 is 5.32 Å². The summed E-state index contributed by atoms with van der Waals surface area (Å²) in [5.74, 6) is 1.18. The molecule has 118 valence electrons. The Morgan fingerprint density at radius 2 is 2.00 bits per heavy atom. The Hall–Kier alpha value is -1.62. The quantitative estimate of drug-likeness (QED) is 0.869. The van der Waals surface area contributed by atoms with Gasteiger partial charge in [-0.3, -0.25) is 4.79 Å². The Balaban J connectivity index is 2.11. The Kier molecular flexibility index (Phi) is 4.75. The van der Waals surface area contributed by atoms with Crippen molar-refractivity contribution >= 4 is 27.5 Å². The van der Waals surface area contributed by atoms with E-state index in [0.717, 1.165) is 21.4 Å². The number of aryl methyl sites for hydroxylation is 2. The molecule has 0 aliphatic carbocycles. The maximum Gasteiger partial charge on any atom is 0.232 e. The number of aromatic nitrogens is 1. The van der Waals surface area contributed by atoms with Crippen molar-refractivity contribution in [3.63, 3.8) is 0 Å². The summed E-state index contributed by atoms with van der Waals surface area (Å²) in [4.78, 5) is 16.6. The number of hydrogen-bond acceptors (Lipinski definition) is 3. The molecule has 1 aromatic heterocycles. The number of amides is 1. The van der Waals surface area contributed by atoms with E-state index in [0.29, 0.717) is 11.7 Å². The van der Waals surface area contributed by atoms with Crippen LogP contribution >= 0.6 is 15.9 Å². The monoisotopic (exact) mass is 364 g/mol. The van der Waals surface area contributed by atoms with E-state index in [1.54, 1.807) is 0 Å². The fourth-order valence-corrected chi connectivity index (χ4v) is 2.50. The van der Waals surface area contributed by atoms with Crippen molar-refractivity contribution in [2.45, 2.75) is 46.5 Å². The third-order valence-electron chi connectivity index (χ3n) is 3.32. The van der Waals surface area contributed by atoms with Gasteiger partial charge in [0.2, 0.25) is 5.91 Å². The summed E-state index contributed by atoms with van der Waals surface area (Å²) < 4.78 is 6.75. The number of carbonyl (C=O) groups is 1. The van der Waals surface area contributed by atoms with Crippen molar-refractivity contribution < 1.29 is 9.21 Å². The smallest absolute Gasteiger partial charge is 0.232 e. The van der Waals surface area contributed by atoms with Crippen molar-refractivity contribution in [3.05, 3.63) is 45.6 Å². The van der Waals surface area contributed by atoms with Crippen molar-refractivity contribution in [2.75, 3.05) is 5.32 Å². The molecule has 1 amide bonds. The van der Waals surface area contributed by atoms with Gasteiger partial charge in [-0.1, -0.05) is 36.7 Å². The molecule has 1 aromatic carbocycles. The molecule has 1 N–H and O–H groups in total. The van der Waals surface area contributed by atoms with E-state index in [2.05, 4.69) is 26.2 Å². The lowest BCUT2D eigenvalue weighted by Crippen LogP contribution is -2.15. The summed E-state index contributed by atoms with van der Waals surface area (Å²) >= 11 is 3.41. The summed E-state index contributed by atoms with van der Waals surface area (Å²) in [6, 6.07) is 5.75. The molecule has 0 atom stereocenters. The highest BCUT2D eigenvalue weighted by molar-refractivity contribution is 9.10. The molecule has 1 heterocycles. The number of carbonyl (C=O) groups excluding carboxylic acids is 1. The van der Waals surface area contributed by atoms with E-state index in [9.17, 15) is 4.79 Å². The zero-order valence-corrected chi connectivity index (χ0v) is 15.2. The van der Waals surface area contributed by atoms with Crippen LogP contribution in [0.4, 0.5) is 5.69 Å². The van der Waals surface area contributed by atoms with Crippen LogP contribution in [-0.4, -0.2) is 10.9 Å². The van der Waals surface area contributed by atoms with E-state index in [1.807, 2.05) is 52.8 Å². The largest absolute Gasteiger partial charge is 0.444 e. The van der Waals surface area contributed by atoms with E-state index in [4.69, 9.17) is 4.42 Å². The van der Waals surface area contributed by atoms with Gasteiger partial charge in [-0.2, -0.15) is 0 Å². The fraction of sp³-hybridized carbons (Fsp3) is 0.412. The first-order chi connectivity index (χ1) is 10.2. The molecule has 22 heavy (non-hydrogen) atoms. The highest BCUT2D eigenvalue weighted by Gasteiger charge is 2.23. The number of nitrogens with one attached hydrogen (secondary N) is 1. The minimum absolute atomic E-state index is 0.106. The van der Waals surface area contributed by atoms with Crippen molar-refractivity contribution in [1.82, 2.24) is 4.98 Å². The summed E-state index contributed by atoms with van der Waals surface area (Å²) in [5.41, 5.74) is 2.42. The van der Waals surface area contributed by atoms with Gasteiger partial charge in [0.15, 0.2) is 5.89 Å². The highest BCUT2D eigenvalue weighted by atomic mass is 79.9. The normalized spacial score (nSPS) is 11.5.